The minimum Gasteiger partial charge on any atom is -0.381 e. The molecule has 114 valence electrons. The van der Waals surface area contributed by atoms with Crippen LogP contribution in [0, 0.1) is 5.92 Å². The Labute approximate surface area is 119 Å². The second kappa shape index (κ2) is 6.97. The molecule has 1 rings (SSSR count). The fourth-order valence-electron chi connectivity index (χ4n) is 2.27. The Morgan fingerprint density at radius 1 is 1.15 bits per heavy atom. The van der Waals surface area contributed by atoms with Gasteiger partial charge in [-0.15, -0.1) is 0 Å². The number of hydrogen-bond acceptors (Lipinski definition) is 2. The number of nitrogens with one attached hydrogen (secondary N) is 1. The largest absolute Gasteiger partial charge is 0.418 e. The maximum Gasteiger partial charge on any atom is 0.418 e. The molecule has 0 radical (unpaired) electrons. The fourth-order valence-corrected chi connectivity index (χ4v) is 2.27. The van der Waals surface area contributed by atoms with E-state index in [0.717, 1.165) is 12.5 Å². The molecule has 0 saturated carbocycles. The average molecular weight is 288 g/mol. The first-order valence-electron chi connectivity index (χ1n) is 6.77. The van der Waals surface area contributed by atoms with Crippen LogP contribution in [0.25, 0.3) is 0 Å². The maximum absolute atomic E-state index is 13.0. The molecule has 0 fully saturated rings. The summed E-state index contributed by atoms with van der Waals surface area (Å²) in [5, 5.41) is 3.06. The van der Waals surface area contributed by atoms with Crippen LogP contribution < -0.4 is 5.32 Å². The van der Waals surface area contributed by atoms with Crippen LogP contribution in [0.2, 0.25) is 0 Å². The maximum atomic E-state index is 13.0. The molecule has 20 heavy (non-hydrogen) atoms. The van der Waals surface area contributed by atoms with E-state index in [0.29, 0.717) is 12.5 Å². The van der Waals surface area contributed by atoms with Gasteiger partial charge in [0.15, 0.2) is 0 Å². The number of para-hydroxylation sites is 1. The molecule has 0 aliphatic carbocycles. The van der Waals surface area contributed by atoms with Gasteiger partial charge in [-0.2, -0.15) is 13.2 Å². The first-order valence-corrected chi connectivity index (χ1v) is 6.77. The Bertz CT molecular complexity index is 404. The van der Waals surface area contributed by atoms with Gasteiger partial charge in [-0.3, -0.25) is 0 Å². The van der Waals surface area contributed by atoms with Gasteiger partial charge in [0.05, 0.1) is 5.56 Å². The van der Waals surface area contributed by atoms with Crippen LogP contribution in [0.15, 0.2) is 24.3 Å². The smallest absolute Gasteiger partial charge is 0.381 e. The Kier molecular flexibility index (Phi) is 5.87. The molecule has 1 N–H and O–H groups in total. The Morgan fingerprint density at radius 2 is 1.75 bits per heavy atom. The van der Waals surface area contributed by atoms with E-state index in [1.165, 1.54) is 12.1 Å². The predicted octanol–water partition coefficient (Wildman–Crippen LogP) is 4.09. The third kappa shape index (κ3) is 5.41. The Morgan fingerprint density at radius 3 is 2.25 bits per heavy atom. The third-order valence-corrected chi connectivity index (χ3v) is 2.93. The summed E-state index contributed by atoms with van der Waals surface area (Å²) in [6, 6.07) is 5.64. The minimum absolute atomic E-state index is 0.00602. The van der Waals surface area contributed by atoms with Crippen LogP contribution in [-0.4, -0.2) is 31.6 Å². The zero-order chi connectivity index (χ0) is 15.3. The van der Waals surface area contributed by atoms with Crippen LogP contribution in [0.3, 0.4) is 0 Å². The summed E-state index contributed by atoms with van der Waals surface area (Å²) in [7, 11) is 3.84. The highest BCUT2D eigenvalue weighted by Gasteiger charge is 2.33. The number of benzene rings is 1. The summed E-state index contributed by atoms with van der Waals surface area (Å²) in [6.07, 6.45) is -3.51. The van der Waals surface area contributed by atoms with E-state index in [9.17, 15) is 13.2 Å². The Balaban J connectivity index is 2.93. The van der Waals surface area contributed by atoms with Crippen LogP contribution >= 0.6 is 0 Å². The second-order valence-corrected chi connectivity index (χ2v) is 5.78. The van der Waals surface area contributed by atoms with E-state index >= 15 is 0 Å². The Hall–Kier alpha value is -1.23. The molecule has 0 bridgehead atoms. The van der Waals surface area contributed by atoms with Gasteiger partial charge in [0, 0.05) is 18.3 Å². The van der Waals surface area contributed by atoms with Crippen LogP contribution in [0.5, 0.6) is 0 Å². The summed E-state index contributed by atoms with van der Waals surface area (Å²) >= 11 is 0. The van der Waals surface area contributed by atoms with E-state index in [2.05, 4.69) is 19.2 Å². The lowest BCUT2D eigenvalue weighted by Gasteiger charge is -2.26. The summed E-state index contributed by atoms with van der Waals surface area (Å²) < 4.78 is 38.9. The summed E-state index contributed by atoms with van der Waals surface area (Å²) in [5.41, 5.74) is -0.444. The fraction of sp³-hybridized carbons (Fsp3) is 0.600. The molecule has 0 amide bonds. The lowest BCUT2D eigenvalue weighted by atomic mass is 10.0. The van der Waals surface area contributed by atoms with E-state index in [4.69, 9.17) is 0 Å². The predicted molar refractivity (Wildman–Crippen MR) is 76.9 cm³/mol. The van der Waals surface area contributed by atoms with Gasteiger partial charge in [0.1, 0.15) is 0 Å². The van der Waals surface area contributed by atoms with Crippen molar-refractivity contribution in [2.75, 3.05) is 26.0 Å². The number of nitrogens with zero attached hydrogens (tertiary/aromatic N) is 1. The molecule has 2 nitrogen and oxygen atoms in total. The molecule has 0 aliphatic heterocycles. The van der Waals surface area contributed by atoms with E-state index < -0.39 is 11.7 Å². The molecular weight excluding hydrogens is 265 g/mol. The highest BCUT2D eigenvalue weighted by Crippen LogP contribution is 2.35. The van der Waals surface area contributed by atoms with E-state index in [1.807, 2.05) is 19.0 Å². The van der Waals surface area contributed by atoms with Crippen molar-refractivity contribution in [1.82, 2.24) is 4.90 Å². The molecule has 0 heterocycles. The van der Waals surface area contributed by atoms with Crippen molar-refractivity contribution in [2.45, 2.75) is 32.5 Å². The quantitative estimate of drug-likeness (QED) is 0.848. The second-order valence-electron chi connectivity index (χ2n) is 5.78. The normalized spacial score (nSPS) is 13.8. The topological polar surface area (TPSA) is 15.3 Å². The average Bonchev–Trinajstić information content (AvgIpc) is 2.26. The van der Waals surface area contributed by atoms with Gasteiger partial charge in [-0.1, -0.05) is 26.0 Å². The van der Waals surface area contributed by atoms with E-state index in [1.54, 1.807) is 6.07 Å². The molecule has 5 heteroatoms. The molecule has 1 aromatic carbocycles. The zero-order valence-electron chi connectivity index (χ0n) is 12.5. The number of hydrogen-bond donors (Lipinski definition) is 1. The molecule has 0 saturated heterocycles. The van der Waals surface area contributed by atoms with Crippen LogP contribution in [0.1, 0.15) is 25.8 Å². The highest BCUT2D eigenvalue weighted by molar-refractivity contribution is 5.53. The van der Waals surface area contributed by atoms with Crippen molar-refractivity contribution in [2.24, 2.45) is 5.92 Å². The molecule has 0 spiro atoms. The molecule has 1 unspecified atom stereocenters. The summed E-state index contributed by atoms with van der Waals surface area (Å²) in [5.74, 6) is 0.422. The zero-order valence-corrected chi connectivity index (χ0v) is 12.5. The van der Waals surface area contributed by atoms with E-state index in [-0.39, 0.29) is 11.7 Å². The monoisotopic (exact) mass is 288 g/mol. The van der Waals surface area contributed by atoms with Gasteiger partial charge in [-0.05, 0) is 38.6 Å². The number of anilines is 1. The molecule has 0 aliphatic rings. The van der Waals surface area contributed by atoms with Crippen molar-refractivity contribution < 1.29 is 13.2 Å². The molecule has 1 atom stereocenters. The summed E-state index contributed by atoms with van der Waals surface area (Å²) in [6.45, 7) is 4.84. The third-order valence-electron chi connectivity index (χ3n) is 2.93. The number of alkyl halides is 3. The number of likely N-dealkylation sites (N-methyl/N-ethyl adjacent to an activating group) is 1. The van der Waals surface area contributed by atoms with Crippen LogP contribution in [0.4, 0.5) is 18.9 Å². The van der Waals surface area contributed by atoms with Gasteiger partial charge >= 0.3 is 6.18 Å². The van der Waals surface area contributed by atoms with Crippen molar-refractivity contribution in [1.29, 1.82) is 0 Å². The van der Waals surface area contributed by atoms with Gasteiger partial charge in [0.2, 0.25) is 0 Å². The number of rotatable bonds is 6. The highest BCUT2D eigenvalue weighted by atomic mass is 19.4. The lowest BCUT2D eigenvalue weighted by molar-refractivity contribution is -0.137. The lowest BCUT2D eigenvalue weighted by Crippen LogP contribution is -2.34. The van der Waals surface area contributed by atoms with Crippen molar-refractivity contribution >= 4 is 5.69 Å². The molecular formula is C15H23F3N2. The standard InChI is InChI=1S/C15H23F3N2/c1-11(2)9-12(10-20(3)4)19-14-8-6-5-7-13(14)15(16,17)18/h5-8,11-12,19H,9-10H2,1-4H3. The van der Waals surface area contributed by atoms with Crippen LogP contribution in [-0.2, 0) is 6.18 Å². The van der Waals surface area contributed by atoms with Gasteiger partial charge in [-0.25, -0.2) is 0 Å². The first kappa shape index (κ1) is 16.8. The van der Waals surface area contributed by atoms with Crippen molar-refractivity contribution in [3.63, 3.8) is 0 Å². The van der Waals surface area contributed by atoms with Gasteiger partial charge < -0.3 is 10.2 Å². The summed E-state index contributed by atoms with van der Waals surface area (Å²) in [4.78, 5) is 1.98. The minimum atomic E-state index is -4.33. The van der Waals surface area contributed by atoms with Gasteiger partial charge in [0.25, 0.3) is 0 Å². The first-order chi connectivity index (χ1) is 9.20. The molecule has 1 aromatic rings. The van der Waals surface area contributed by atoms with Crippen molar-refractivity contribution in [3.05, 3.63) is 29.8 Å². The van der Waals surface area contributed by atoms with Crippen molar-refractivity contribution in [3.8, 4) is 0 Å². The number of halogens is 3. The molecule has 0 aromatic heterocycles. The SMILES string of the molecule is CC(C)CC(CN(C)C)Nc1ccccc1C(F)(F)F.